The molecule has 0 saturated carbocycles. The van der Waals surface area contributed by atoms with E-state index in [-0.39, 0.29) is 4.90 Å². The third-order valence-corrected chi connectivity index (χ3v) is 8.28. The highest BCUT2D eigenvalue weighted by molar-refractivity contribution is 7.89. The van der Waals surface area contributed by atoms with Gasteiger partial charge in [0.25, 0.3) is 0 Å². The fraction of sp³-hybridized carbons (Fsp3) is 0.318. The van der Waals surface area contributed by atoms with Crippen LogP contribution in [0.4, 0.5) is 5.13 Å². The lowest BCUT2D eigenvalue weighted by molar-refractivity contribution is 0.370. The lowest BCUT2D eigenvalue weighted by Gasteiger charge is -2.34. The second kappa shape index (κ2) is 8.86. The Morgan fingerprint density at radius 3 is 2.32 bits per heavy atom. The van der Waals surface area contributed by atoms with Gasteiger partial charge in [-0.25, -0.2) is 13.4 Å². The normalized spacial score (nSPS) is 15.1. The summed E-state index contributed by atoms with van der Waals surface area (Å²) in [5, 5.41) is 0.923. The monoisotopic (exact) mass is 459 g/mol. The average molecular weight is 460 g/mol. The van der Waals surface area contributed by atoms with Gasteiger partial charge in [0.15, 0.2) is 5.13 Å². The Kier molecular flexibility index (Phi) is 6.17. The molecule has 1 fully saturated rings. The molecule has 7 nitrogen and oxygen atoms in total. The Morgan fingerprint density at radius 2 is 1.68 bits per heavy atom. The minimum absolute atomic E-state index is 0.124. The maximum absolute atomic E-state index is 13.3. The number of aromatic nitrogens is 1. The molecule has 4 rings (SSSR count). The SMILES string of the molecule is COc1ccc(OC)c(S(=O)(=O)N2CCN(c3nc(-c4ccccc4)c(C)s3)CC2)c1. The van der Waals surface area contributed by atoms with Crippen LogP contribution >= 0.6 is 11.3 Å². The summed E-state index contributed by atoms with van der Waals surface area (Å²) in [7, 11) is -0.728. The first kappa shape index (κ1) is 21.6. The van der Waals surface area contributed by atoms with Crippen LogP contribution in [0.2, 0.25) is 0 Å². The van der Waals surface area contributed by atoms with Crippen LogP contribution in [0, 0.1) is 6.92 Å². The zero-order valence-corrected chi connectivity index (χ0v) is 19.4. The van der Waals surface area contributed by atoms with E-state index in [2.05, 4.69) is 24.0 Å². The van der Waals surface area contributed by atoms with E-state index < -0.39 is 10.0 Å². The first-order chi connectivity index (χ1) is 14.9. The van der Waals surface area contributed by atoms with Crippen LogP contribution in [0.5, 0.6) is 11.5 Å². The van der Waals surface area contributed by atoms with Crippen molar-refractivity contribution < 1.29 is 17.9 Å². The number of hydrogen-bond acceptors (Lipinski definition) is 7. The van der Waals surface area contributed by atoms with Crippen LogP contribution < -0.4 is 14.4 Å². The molecule has 1 aromatic heterocycles. The summed E-state index contributed by atoms with van der Waals surface area (Å²) in [6.45, 7) is 3.97. The van der Waals surface area contributed by atoms with Gasteiger partial charge in [-0.2, -0.15) is 4.31 Å². The standard InChI is InChI=1S/C22H25N3O4S2/c1-16-21(17-7-5-4-6-8-17)23-22(30-16)24-11-13-25(14-12-24)31(26,27)20-15-18(28-2)9-10-19(20)29-3/h4-10,15H,11-14H2,1-3H3. The first-order valence-electron chi connectivity index (χ1n) is 9.94. The van der Waals surface area contributed by atoms with Crippen LogP contribution in [-0.2, 0) is 10.0 Å². The molecule has 0 radical (unpaired) electrons. The summed E-state index contributed by atoms with van der Waals surface area (Å²) >= 11 is 1.64. The van der Waals surface area contributed by atoms with Crippen LogP contribution in [0.1, 0.15) is 4.88 Å². The second-order valence-corrected chi connectivity index (χ2v) is 10.3. The van der Waals surface area contributed by atoms with Gasteiger partial charge in [0, 0.05) is 42.7 Å². The second-order valence-electron chi connectivity index (χ2n) is 7.18. The number of thiazole rings is 1. The molecule has 9 heteroatoms. The molecular weight excluding hydrogens is 434 g/mol. The lowest BCUT2D eigenvalue weighted by atomic mass is 10.1. The Labute approximate surface area is 186 Å². The molecule has 0 amide bonds. The van der Waals surface area contributed by atoms with E-state index in [0.29, 0.717) is 37.7 Å². The lowest BCUT2D eigenvalue weighted by Crippen LogP contribution is -2.48. The van der Waals surface area contributed by atoms with Crippen molar-refractivity contribution in [2.75, 3.05) is 45.3 Å². The van der Waals surface area contributed by atoms with Crippen LogP contribution in [0.25, 0.3) is 11.3 Å². The number of ether oxygens (including phenoxy) is 2. The van der Waals surface area contributed by atoms with Crippen LogP contribution in [-0.4, -0.2) is 58.1 Å². The van der Waals surface area contributed by atoms with E-state index in [4.69, 9.17) is 14.5 Å². The molecule has 0 spiro atoms. The van der Waals surface area contributed by atoms with Gasteiger partial charge in [-0.3, -0.25) is 0 Å². The van der Waals surface area contributed by atoms with Crippen molar-refractivity contribution in [2.24, 2.45) is 0 Å². The molecule has 2 aromatic carbocycles. The number of nitrogens with zero attached hydrogens (tertiary/aromatic N) is 3. The number of anilines is 1. The van der Waals surface area contributed by atoms with E-state index in [9.17, 15) is 8.42 Å². The van der Waals surface area contributed by atoms with Crippen molar-refractivity contribution in [1.29, 1.82) is 0 Å². The first-order valence-corrected chi connectivity index (χ1v) is 12.2. The van der Waals surface area contributed by atoms with Crippen LogP contribution in [0.3, 0.4) is 0 Å². The molecule has 164 valence electrons. The quantitative estimate of drug-likeness (QED) is 0.560. The van der Waals surface area contributed by atoms with Gasteiger partial charge in [0.1, 0.15) is 16.4 Å². The molecule has 0 N–H and O–H groups in total. The van der Waals surface area contributed by atoms with Gasteiger partial charge < -0.3 is 14.4 Å². The third kappa shape index (κ3) is 4.26. The van der Waals surface area contributed by atoms with Gasteiger partial charge in [-0.15, -0.1) is 11.3 Å². The Morgan fingerprint density at radius 1 is 0.968 bits per heavy atom. The Hall–Kier alpha value is -2.62. The number of methoxy groups -OCH3 is 2. The zero-order chi connectivity index (χ0) is 22.0. The van der Waals surface area contributed by atoms with E-state index >= 15 is 0 Å². The van der Waals surface area contributed by atoms with Crippen LogP contribution in [0.15, 0.2) is 53.4 Å². The highest BCUT2D eigenvalue weighted by atomic mass is 32.2. The Bertz CT molecular complexity index is 1150. The van der Waals surface area contributed by atoms with E-state index in [1.165, 1.54) is 24.6 Å². The Balaban J connectivity index is 1.52. The summed E-state index contributed by atoms with van der Waals surface area (Å²) in [6, 6.07) is 14.9. The summed E-state index contributed by atoms with van der Waals surface area (Å²) < 4.78 is 38.6. The molecule has 1 aliphatic heterocycles. The third-order valence-electron chi connectivity index (χ3n) is 5.33. The van der Waals surface area contributed by atoms with Crippen molar-refractivity contribution >= 4 is 26.5 Å². The average Bonchev–Trinajstić information content (AvgIpc) is 3.20. The molecular formula is C22H25N3O4S2. The van der Waals surface area contributed by atoms with E-state index in [1.807, 2.05) is 18.2 Å². The number of aryl methyl sites for hydroxylation is 1. The maximum Gasteiger partial charge on any atom is 0.247 e. The van der Waals surface area contributed by atoms with Gasteiger partial charge >= 0.3 is 0 Å². The molecule has 2 heterocycles. The predicted octanol–water partition coefficient (Wildman–Crippen LogP) is 3.65. The molecule has 0 atom stereocenters. The van der Waals surface area contributed by atoms with Crippen molar-refractivity contribution in [3.05, 3.63) is 53.4 Å². The molecule has 1 aliphatic rings. The van der Waals surface area contributed by atoms with Gasteiger partial charge in [0.2, 0.25) is 10.0 Å². The van der Waals surface area contributed by atoms with Gasteiger partial charge in [-0.05, 0) is 19.1 Å². The minimum Gasteiger partial charge on any atom is -0.497 e. The number of hydrogen-bond donors (Lipinski definition) is 0. The van der Waals surface area contributed by atoms with Crippen molar-refractivity contribution in [1.82, 2.24) is 9.29 Å². The van der Waals surface area contributed by atoms with Crippen molar-refractivity contribution in [2.45, 2.75) is 11.8 Å². The zero-order valence-electron chi connectivity index (χ0n) is 17.7. The molecule has 3 aromatic rings. The van der Waals surface area contributed by atoms with E-state index in [0.717, 1.165) is 21.3 Å². The molecule has 0 bridgehead atoms. The largest absolute Gasteiger partial charge is 0.497 e. The van der Waals surface area contributed by atoms with E-state index in [1.54, 1.807) is 23.5 Å². The smallest absolute Gasteiger partial charge is 0.247 e. The molecule has 0 unspecified atom stereocenters. The summed E-state index contributed by atoms with van der Waals surface area (Å²) in [5.41, 5.74) is 2.07. The van der Waals surface area contributed by atoms with Gasteiger partial charge in [-0.1, -0.05) is 30.3 Å². The molecule has 1 saturated heterocycles. The predicted molar refractivity (Wildman–Crippen MR) is 123 cm³/mol. The maximum atomic E-state index is 13.3. The summed E-state index contributed by atoms with van der Waals surface area (Å²) in [6.07, 6.45) is 0. The number of piperazine rings is 1. The number of benzene rings is 2. The molecule has 31 heavy (non-hydrogen) atoms. The highest BCUT2D eigenvalue weighted by Crippen LogP contribution is 2.34. The van der Waals surface area contributed by atoms with Crippen molar-refractivity contribution in [3.63, 3.8) is 0 Å². The fourth-order valence-electron chi connectivity index (χ4n) is 3.63. The van der Waals surface area contributed by atoms with Crippen molar-refractivity contribution in [3.8, 4) is 22.8 Å². The highest BCUT2D eigenvalue weighted by Gasteiger charge is 2.32. The summed E-state index contributed by atoms with van der Waals surface area (Å²) in [5.74, 6) is 0.788. The topological polar surface area (TPSA) is 72.0 Å². The fourth-order valence-corrected chi connectivity index (χ4v) is 6.20. The number of sulfonamides is 1. The number of rotatable bonds is 6. The minimum atomic E-state index is -3.70. The van der Waals surface area contributed by atoms with Gasteiger partial charge in [0.05, 0.1) is 19.9 Å². The summed E-state index contributed by atoms with van der Waals surface area (Å²) in [4.78, 5) is 8.27. The molecule has 0 aliphatic carbocycles.